The molecule has 0 spiro atoms. The Hall–Kier alpha value is -8.15. The van der Waals surface area contributed by atoms with Gasteiger partial charge < -0.3 is 18.2 Å². The lowest BCUT2D eigenvalue weighted by molar-refractivity contribution is 0.619. The molecule has 3 aromatic heterocycles. The molecule has 0 saturated carbocycles. The molecular weight excluding hydrogens is 737 g/mol. The first-order valence-electron chi connectivity index (χ1n) is 20.1. The van der Waals surface area contributed by atoms with Crippen molar-refractivity contribution in [3.8, 4) is 44.8 Å². The van der Waals surface area contributed by atoms with Gasteiger partial charge in [-0.2, -0.15) is 0 Å². The summed E-state index contributed by atoms with van der Waals surface area (Å²) in [6.45, 7) is 0. The Morgan fingerprint density at radius 1 is 0.333 bits per heavy atom. The van der Waals surface area contributed by atoms with E-state index in [1.807, 2.05) is 54.6 Å². The Kier molecular flexibility index (Phi) is 7.78. The number of fused-ring (bicyclic) bond motifs is 8. The molecule has 0 aliphatic carbocycles. The summed E-state index contributed by atoms with van der Waals surface area (Å²) >= 11 is 0. The number of hydrogen-bond donors (Lipinski definition) is 0. The van der Waals surface area contributed by atoms with Crippen LogP contribution in [0.15, 0.2) is 220 Å². The zero-order chi connectivity index (χ0) is 39.6. The quantitative estimate of drug-likeness (QED) is 0.162. The first-order valence-corrected chi connectivity index (χ1v) is 20.1. The van der Waals surface area contributed by atoms with Crippen molar-refractivity contribution >= 4 is 72.0 Å². The molecule has 0 N–H and O–H groups in total. The molecule has 0 amide bonds. The van der Waals surface area contributed by atoms with Crippen LogP contribution in [0, 0.1) is 0 Å². The fraction of sp³-hybridized carbons (Fsp3) is 0. The Morgan fingerprint density at radius 2 is 0.917 bits per heavy atom. The van der Waals surface area contributed by atoms with Gasteiger partial charge >= 0.3 is 0 Å². The van der Waals surface area contributed by atoms with Crippen LogP contribution in [0.3, 0.4) is 0 Å². The van der Waals surface area contributed by atoms with Crippen molar-refractivity contribution in [1.82, 2.24) is 4.98 Å². The molecule has 0 saturated heterocycles. The summed E-state index contributed by atoms with van der Waals surface area (Å²) in [5.41, 5.74) is 15.6. The van der Waals surface area contributed by atoms with Crippen molar-refractivity contribution in [2.45, 2.75) is 0 Å². The van der Waals surface area contributed by atoms with Gasteiger partial charge in [0.05, 0.1) is 5.39 Å². The lowest BCUT2D eigenvalue weighted by Gasteiger charge is -2.26. The van der Waals surface area contributed by atoms with Gasteiger partial charge in [0.1, 0.15) is 27.8 Å². The van der Waals surface area contributed by atoms with Gasteiger partial charge in [-0.25, -0.2) is 4.98 Å². The third kappa shape index (κ3) is 5.67. The smallest absolute Gasteiger partial charge is 0.227 e. The van der Waals surface area contributed by atoms with Crippen molar-refractivity contribution in [3.63, 3.8) is 0 Å². The Morgan fingerprint density at radius 3 is 1.70 bits per heavy atom. The number of nitrogens with zero attached hydrogens (tertiary/aromatic N) is 2. The summed E-state index contributed by atoms with van der Waals surface area (Å²) in [5.74, 6) is 0.593. The molecule has 3 heterocycles. The maximum atomic E-state index is 6.48. The summed E-state index contributed by atoms with van der Waals surface area (Å²) in [4.78, 5) is 7.28. The van der Waals surface area contributed by atoms with Crippen molar-refractivity contribution in [2.75, 3.05) is 4.90 Å². The maximum absolute atomic E-state index is 6.48. The van der Waals surface area contributed by atoms with E-state index in [2.05, 4.69) is 157 Å². The molecule has 12 rings (SSSR count). The van der Waals surface area contributed by atoms with Crippen molar-refractivity contribution in [1.29, 1.82) is 0 Å². The van der Waals surface area contributed by atoms with Gasteiger partial charge in [-0.15, -0.1) is 0 Å². The van der Waals surface area contributed by atoms with E-state index in [9.17, 15) is 0 Å². The van der Waals surface area contributed by atoms with Crippen LogP contribution in [-0.4, -0.2) is 4.98 Å². The van der Waals surface area contributed by atoms with Gasteiger partial charge in [-0.3, -0.25) is 0 Å². The molecule has 5 heteroatoms. The van der Waals surface area contributed by atoms with Crippen molar-refractivity contribution in [3.05, 3.63) is 206 Å². The van der Waals surface area contributed by atoms with Crippen LogP contribution in [0.1, 0.15) is 0 Å². The summed E-state index contributed by atoms with van der Waals surface area (Å²) in [6, 6.07) is 71.8. The predicted octanol–water partition coefficient (Wildman–Crippen LogP) is 15.8. The molecular formula is C55H34N2O3. The van der Waals surface area contributed by atoms with Gasteiger partial charge in [0.25, 0.3) is 0 Å². The molecule has 0 atom stereocenters. The van der Waals surface area contributed by atoms with Crippen LogP contribution in [0.25, 0.3) is 99.8 Å². The summed E-state index contributed by atoms with van der Waals surface area (Å²) in [5, 5.41) is 4.19. The third-order valence-electron chi connectivity index (χ3n) is 11.5. The van der Waals surface area contributed by atoms with E-state index in [0.29, 0.717) is 5.89 Å². The predicted molar refractivity (Wildman–Crippen MR) is 245 cm³/mol. The molecule has 0 aliphatic heterocycles. The van der Waals surface area contributed by atoms with E-state index < -0.39 is 0 Å². The first kappa shape index (κ1) is 33.9. The fourth-order valence-corrected chi connectivity index (χ4v) is 8.61. The van der Waals surface area contributed by atoms with Crippen LogP contribution in [0.5, 0.6) is 0 Å². The first-order chi connectivity index (χ1) is 29.7. The Labute approximate surface area is 345 Å². The highest BCUT2D eigenvalue weighted by atomic mass is 16.4. The maximum Gasteiger partial charge on any atom is 0.227 e. The molecule has 0 unspecified atom stereocenters. The SMILES string of the molecule is c1ccc(-c2ccc(N(c3ccc(-c4ccc5oc6ccc7oc(-c8ccccc8)nc7c6c5c4)cc3)c3cccc(-c4cccc5c4oc4ccccc45)c3)cc2)cc1. The van der Waals surface area contributed by atoms with E-state index in [1.54, 1.807) is 0 Å². The van der Waals surface area contributed by atoms with Crippen molar-refractivity contribution < 1.29 is 13.3 Å². The van der Waals surface area contributed by atoms with E-state index in [-0.39, 0.29) is 0 Å². The van der Waals surface area contributed by atoms with Gasteiger partial charge in [0, 0.05) is 44.3 Å². The minimum Gasteiger partial charge on any atom is -0.456 e. The number of hydrogen-bond acceptors (Lipinski definition) is 5. The number of oxazole rings is 1. The zero-order valence-electron chi connectivity index (χ0n) is 32.2. The highest BCUT2D eigenvalue weighted by Gasteiger charge is 2.19. The molecule has 0 radical (unpaired) electrons. The lowest BCUT2D eigenvalue weighted by Crippen LogP contribution is -2.10. The monoisotopic (exact) mass is 770 g/mol. The second kappa shape index (κ2) is 13.8. The Bertz CT molecular complexity index is 3530. The summed E-state index contributed by atoms with van der Waals surface area (Å²) < 4.78 is 19.0. The zero-order valence-corrected chi connectivity index (χ0v) is 32.2. The van der Waals surface area contributed by atoms with Gasteiger partial charge in [0.15, 0.2) is 5.58 Å². The van der Waals surface area contributed by atoms with Crippen LogP contribution >= 0.6 is 0 Å². The summed E-state index contributed by atoms with van der Waals surface area (Å²) in [6.07, 6.45) is 0. The number of para-hydroxylation sites is 2. The molecule has 0 aliphatic rings. The van der Waals surface area contributed by atoms with Gasteiger partial charge in [-0.1, -0.05) is 127 Å². The standard InChI is InChI=1S/C55H34N2O3/c1-3-11-35(12-4-1)36-21-26-41(27-22-36)57(43-16-9-15-40(33-43)44-18-10-19-46-45-17-7-8-20-48(45)59-54(44)46)42-28-23-37(24-29-42)39-25-30-49-47(34-39)52-50(58-49)31-32-51-53(52)56-55(60-51)38-13-5-2-6-14-38/h1-34H. The number of aromatic nitrogens is 1. The van der Waals surface area contributed by atoms with Crippen LogP contribution < -0.4 is 4.90 Å². The minimum atomic E-state index is 0.593. The van der Waals surface area contributed by atoms with Crippen molar-refractivity contribution in [2.24, 2.45) is 0 Å². The lowest BCUT2D eigenvalue weighted by atomic mass is 10.00. The van der Waals surface area contributed by atoms with E-state index >= 15 is 0 Å². The molecule has 0 bridgehead atoms. The molecule has 282 valence electrons. The molecule has 5 nitrogen and oxygen atoms in total. The normalized spacial score (nSPS) is 11.7. The fourth-order valence-electron chi connectivity index (χ4n) is 8.61. The second-order valence-electron chi connectivity index (χ2n) is 15.1. The highest BCUT2D eigenvalue weighted by Crippen LogP contribution is 2.42. The van der Waals surface area contributed by atoms with Crippen LogP contribution in [0.4, 0.5) is 17.1 Å². The number of anilines is 3. The number of furan rings is 2. The molecule has 12 aromatic rings. The minimum absolute atomic E-state index is 0.593. The highest BCUT2D eigenvalue weighted by molar-refractivity contribution is 6.17. The van der Waals surface area contributed by atoms with E-state index in [0.717, 1.165) is 99.9 Å². The number of rotatable bonds is 7. The van der Waals surface area contributed by atoms with Gasteiger partial charge in [-0.05, 0) is 107 Å². The molecule has 60 heavy (non-hydrogen) atoms. The average molecular weight is 771 g/mol. The average Bonchev–Trinajstić information content (AvgIpc) is 4.04. The number of benzene rings is 9. The van der Waals surface area contributed by atoms with E-state index in [1.165, 1.54) is 11.1 Å². The second-order valence-corrected chi connectivity index (χ2v) is 15.1. The molecule has 0 fully saturated rings. The molecule has 9 aromatic carbocycles. The van der Waals surface area contributed by atoms with E-state index in [4.69, 9.17) is 18.2 Å². The third-order valence-corrected chi connectivity index (χ3v) is 11.5. The van der Waals surface area contributed by atoms with Crippen LogP contribution in [-0.2, 0) is 0 Å². The van der Waals surface area contributed by atoms with Crippen LogP contribution in [0.2, 0.25) is 0 Å². The van der Waals surface area contributed by atoms with Gasteiger partial charge in [0.2, 0.25) is 5.89 Å². The largest absolute Gasteiger partial charge is 0.456 e. The Balaban J connectivity index is 0.951. The topological polar surface area (TPSA) is 55.6 Å². The summed E-state index contributed by atoms with van der Waals surface area (Å²) in [7, 11) is 0.